The Bertz CT molecular complexity index is 1140. The minimum absolute atomic E-state index is 0.0561. The Morgan fingerprint density at radius 3 is 2.56 bits per heavy atom. The van der Waals surface area contributed by atoms with E-state index < -0.39 is 5.60 Å². The average molecular weight is 463 g/mol. The van der Waals surface area contributed by atoms with Crippen LogP contribution in [-0.2, 0) is 22.5 Å². The molecule has 34 heavy (non-hydrogen) atoms. The van der Waals surface area contributed by atoms with Crippen LogP contribution in [0.15, 0.2) is 48.8 Å². The number of aromatic nitrogens is 2. The molecular formula is C27H34N4O3. The predicted octanol–water partition coefficient (Wildman–Crippen LogP) is 4.73. The van der Waals surface area contributed by atoms with Crippen molar-refractivity contribution in [1.82, 2.24) is 20.2 Å². The maximum absolute atomic E-state index is 12.7. The highest BCUT2D eigenvalue weighted by atomic mass is 16.6. The molecule has 1 aromatic carbocycles. The van der Waals surface area contributed by atoms with E-state index in [0.717, 1.165) is 33.3 Å². The zero-order chi connectivity index (χ0) is 24.7. The van der Waals surface area contributed by atoms with Gasteiger partial charge in [-0.25, -0.2) is 4.79 Å². The summed E-state index contributed by atoms with van der Waals surface area (Å²) in [5.41, 5.74) is 4.21. The van der Waals surface area contributed by atoms with E-state index in [-0.39, 0.29) is 18.4 Å². The monoisotopic (exact) mass is 462 g/mol. The number of amides is 2. The fourth-order valence-electron chi connectivity index (χ4n) is 3.83. The minimum Gasteiger partial charge on any atom is -0.444 e. The molecular weight excluding hydrogens is 428 g/mol. The van der Waals surface area contributed by atoms with Crippen molar-refractivity contribution in [2.24, 2.45) is 0 Å². The second-order valence-electron chi connectivity index (χ2n) is 9.46. The minimum atomic E-state index is -0.581. The molecule has 0 spiro atoms. The highest BCUT2D eigenvalue weighted by Crippen LogP contribution is 2.23. The van der Waals surface area contributed by atoms with Gasteiger partial charge in [-0.3, -0.25) is 14.8 Å². The third-order valence-electron chi connectivity index (χ3n) is 5.50. The van der Waals surface area contributed by atoms with Gasteiger partial charge in [-0.15, -0.1) is 0 Å². The van der Waals surface area contributed by atoms with E-state index in [2.05, 4.69) is 15.3 Å². The van der Waals surface area contributed by atoms with Gasteiger partial charge in [-0.05, 0) is 69.9 Å². The fraction of sp³-hybridized carbons (Fsp3) is 0.407. The summed E-state index contributed by atoms with van der Waals surface area (Å²) >= 11 is 0. The fourth-order valence-corrected chi connectivity index (χ4v) is 3.83. The molecule has 0 atom stereocenters. The van der Waals surface area contributed by atoms with E-state index >= 15 is 0 Å². The van der Waals surface area contributed by atoms with E-state index in [1.165, 1.54) is 0 Å². The largest absolute Gasteiger partial charge is 0.444 e. The number of rotatable bonds is 8. The molecule has 2 heterocycles. The summed E-state index contributed by atoms with van der Waals surface area (Å²) in [5.74, 6) is -0.0561. The number of hydrogen-bond acceptors (Lipinski definition) is 5. The third kappa shape index (κ3) is 7.01. The number of hydrogen-bond donors (Lipinski definition) is 1. The second-order valence-corrected chi connectivity index (χ2v) is 9.46. The number of fused-ring (bicyclic) bond motifs is 1. The number of ether oxygens (including phenoxy) is 1. The summed E-state index contributed by atoms with van der Waals surface area (Å²) in [6.45, 7) is 10.8. The van der Waals surface area contributed by atoms with Gasteiger partial charge < -0.3 is 15.0 Å². The lowest BCUT2D eigenvalue weighted by Crippen LogP contribution is -2.38. The molecule has 0 saturated carbocycles. The summed E-state index contributed by atoms with van der Waals surface area (Å²) in [7, 11) is 0. The molecule has 3 aromatic rings. The van der Waals surface area contributed by atoms with E-state index in [9.17, 15) is 9.59 Å². The van der Waals surface area contributed by atoms with Crippen molar-refractivity contribution < 1.29 is 14.3 Å². The lowest BCUT2D eigenvalue weighted by molar-refractivity contribution is -0.120. The summed E-state index contributed by atoms with van der Waals surface area (Å²) in [6.07, 6.45) is 3.95. The molecule has 7 nitrogen and oxygen atoms in total. The SMILES string of the molecule is Cc1nc2ccccc2c(C)c1CC(=O)NCCCN(Cc1cccnc1)C(=O)OC(C)(C)C. The van der Waals surface area contributed by atoms with Crippen LogP contribution < -0.4 is 5.32 Å². The van der Waals surface area contributed by atoms with Crippen LogP contribution >= 0.6 is 0 Å². The lowest BCUT2D eigenvalue weighted by atomic mass is 9.99. The Kier molecular flexibility index (Phi) is 8.21. The van der Waals surface area contributed by atoms with Crippen LogP contribution in [0.2, 0.25) is 0 Å². The van der Waals surface area contributed by atoms with Gasteiger partial charge in [0.25, 0.3) is 0 Å². The van der Waals surface area contributed by atoms with Crippen LogP contribution in [0, 0.1) is 13.8 Å². The molecule has 0 fully saturated rings. The molecule has 1 N–H and O–H groups in total. The van der Waals surface area contributed by atoms with Crippen LogP contribution in [0.1, 0.15) is 49.6 Å². The van der Waals surface area contributed by atoms with Gasteiger partial charge in [-0.2, -0.15) is 0 Å². The number of nitrogens with one attached hydrogen (secondary N) is 1. The first-order valence-electron chi connectivity index (χ1n) is 11.6. The maximum atomic E-state index is 12.7. The number of para-hydroxylation sites is 1. The molecule has 0 saturated heterocycles. The summed E-state index contributed by atoms with van der Waals surface area (Å²) in [4.78, 5) is 35.8. The Hall–Kier alpha value is -3.48. The number of aryl methyl sites for hydroxylation is 2. The van der Waals surface area contributed by atoms with Gasteiger partial charge in [0.1, 0.15) is 5.60 Å². The summed E-state index contributed by atoms with van der Waals surface area (Å²) in [5, 5.41) is 4.05. The number of carbonyl (C=O) groups excluding carboxylic acids is 2. The smallest absolute Gasteiger partial charge is 0.410 e. The third-order valence-corrected chi connectivity index (χ3v) is 5.50. The van der Waals surface area contributed by atoms with Crippen molar-refractivity contribution in [1.29, 1.82) is 0 Å². The van der Waals surface area contributed by atoms with Crippen LogP contribution in [0.4, 0.5) is 4.79 Å². The zero-order valence-corrected chi connectivity index (χ0v) is 20.7. The summed E-state index contributed by atoms with van der Waals surface area (Å²) in [6, 6.07) is 11.7. The average Bonchev–Trinajstić information content (AvgIpc) is 2.78. The van der Waals surface area contributed by atoms with Crippen molar-refractivity contribution in [2.45, 2.75) is 59.6 Å². The Morgan fingerprint density at radius 2 is 1.85 bits per heavy atom. The van der Waals surface area contributed by atoms with Gasteiger partial charge in [0.2, 0.25) is 5.91 Å². The van der Waals surface area contributed by atoms with E-state index in [1.807, 2.05) is 71.0 Å². The molecule has 0 radical (unpaired) electrons. The summed E-state index contributed by atoms with van der Waals surface area (Å²) < 4.78 is 5.56. The first kappa shape index (κ1) is 25.1. The molecule has 7 heteroatoms. The topological polar surface area (TPSA) is 84.4 Å². The van der Waals surface area contributed by atoms with Crippen molar-refractivity contribution in [2.75, 3.05) is 13.1 Å². The van der Waals surface area contributed by atoms with Crippen LogP contribution in [0.3, 0.4) is 0 Å². The van der Waals surface area contributed by atoms with Crippen molar-refractivity contribution in [3.63, 3.8) is 0 Å². The second kappa shape index (κ2) is 11.1. The lowest BCUT2D eigenvalue weighted by Gasteiger charge is -2.27. The molecule has 3 rings (SSSR count). The van der Waals surface area contributed by atoms with E-state index in [0.29, 0.717) is 26.1 Å². The number of nitrogens with zero attached hydrogens (tertiary/aromatic N) is 3. The van der Waals surface area contributed by atoms with Crippen molar-refractivity contribution in [3.8, 4) is 0 Å². The van der Waals surface area contributed by atoms with Gasteiger partial charge in [0, 0.05) is 36.6 Å². The first-order valence-corrected chi connectivity index (χ1v) is 11.6. The quantitative estimate of drug-likeness (QED) is 0.489. The molecule has 180 valence electrons. The highest BCUT2D eigenvalue weighted by molar-refractivity contribution is 5.86. The molecule has 0 bridgehead atoms. The highest BCUT2D eigenvalue weighted by Gasteiger charge is 2.22. The van der Waals surface area contributed by atoms with Crippen LogP contribution in [0.25, 0.3) is 10.9 Å². The standard InChI is InChI=1S/C27H34N4O3/c1-19-22-11-6-7-12-24(22)30-20(2)23(19)16-25(32)29-14-9-15-31(26(33)34-27(3,4)5)18-21-10-8-13-28-17-21/h6-8,10-13,17H,9,14-16,18H2,1-5H3,(H,29,32). The Morgan fingerprint density at radius 1 is 1.09 bits per heavy atom. The molecule has 0 unspecified atom stereocenters. The van der Waals surface area contributed by atoms with Gasteiger partial charge >= 0.3 is 6.09 Å². The normalized spacial score (nSPS) is 11.3. The molecule has 0 aliphatic carbocycles. The molecule has 2 amide bonds. The maximum Gasteiger partial charge on any atom is 0.410 e. The number of carbonyl (C=O) groups is 2. The van der Waals surface area contributed by atoms with Crippen LogP contribution in [0.5, 0.6) is 0 Å². The van der Waals surface area contributed by atoms with Gasteiger partial charge in [-0.1, -0.05) is 24.3 Å². The van der Waals surface area contributed by atoms with Crippen LogP contribution in [-0.4, -0.2) is 45.6 Å². The first-order chi connectivity index (χ1) is 16.1. The number of pyridine rings is 2. The van der Waals surface area contributed by atoms with Gasteiger partial charge in [0.15, 0.2) is 0 Å². The number of benzene rings is 1. The zero-order valence-electron chi connectivity index (χ0n) is 20.7. The van der Waals surface area contributed by atoms with E-state index in [4.69, 9.17) is 4.74 Å². The van der Waals surface area contributed by atoms with Crippen molar-refractivity contribution >= 4 is 22.9 Å². The Balaban J connectivity index is 1.57. The molecule has 0 aliphatic heterocycles. The van der Waals surface area contributed by atoms with Crippen molar-refractivity contribution in [3.05, 3.63) is 71.2 Å². The predicted molar refractivity (Wildman–Crippen MR) is 133 cm³/mol. The van der Waals surface area contributed by atoms with Gasteiger partial charge in [0.05, 0.1) is 18.5 Å². The Labute approximate surface area is 201 Å². The van der Waals surface area contributed by atoms with E-state index in [1.54, 1.807) is 17.3 Å². The molecule has 0 aliphatic rings. The molecule has 2 aromatic heterocycles.